The average molecular weight is 252 g/mol. The third-order valence-corrected chi connectivity index (χ3v) is 3.13. The number of benzene rings is 1. The summed E-state index contributed by atoms with van der Waals surface area (Å²) in [5.74, 6) is -0.183. The topological polar surface area (TPSA) is 55.1 Å². The van der Waals surface area contributed by atoms with Crippen molar-refractivity contribution in [3.8, 4) is 0 Å². The van der Waals surface area contributed by atoms with Gasteiger partial charge in [0.2, 0.25) is 5.91 Å². The van der Waals surface area contributed by atoms with Gasteiger partial charge in [0, 0.05) is 12.0 Å². The maximum absolute atomic E-state index is 13.5. The number of rotatable bonds is 6. The van der Waals surface area contributed by atoms with Gasteiger partial charge in [-0.05, 0) is 25.5 Å². The SMILES string of the molecule is CCC(CN)CC(=O)NC(C)c1ccccc1F. The highest BCUT2D eigenvalue weighted by molar-refractivity contribution is 5.76. The number of carbonyl (C=O) groups is 1. The number of nitrogens with two attached hydrogens (primary N) is 1. The first-order valence-electron chi connectivity index (χ1n) is 6.32. The Morgan fingerprint density at radius 1 is 1.44 bits per heavy atom. The molecule has 0 saturated carbocycles. The van der Waals surface area contributed by atoms with E-state index in [0.717, 1.165) is 6.42 Å². The van der Waals surface area contributed by atoms with Crippen LogP contribution < -0.4 is 11.1 Å². The summed E-state index contributed by atoms with van der Waals surface area (Å²) in [4.78, 5) is 11.8. The van der Waals surface area contributed by atoms with E-state index in [1.165, 1.54) is 6.07 Å². The molecule has 0 saturated heterocycles. The van der Waals surface area contributed by atoms with Crippen LogP contribution in [0.5, 0.6) is 0 Å². The minimum atomic E-state index is -0.325. The molecule has 0 aliphatic rings. The van der Waals surface area contributed by atoms with Crippen molar-refractivity contribution in [2.24, 2.45) is 11.7 Å². The van der Waals surface area contributed by atoms with Crippen molar-refractivity contribution in [3.05, 3.63) is 35.6 Å². The molecule has 1 aromatic carbocycles. The maximum atomic E-state index is 13.5. The quantitative estimate of drug-likeness (QED) is 0.816. The lowest BCUT2D eigenvalue weighted by molar-refractivity contribution is -0.122. The molecule has 0 bridgehead atoms. The van der Waals surface area contributed by atoms with Gasteiger partial charge in [-0.15, -0.1) is 0 Å². The molecule has 1 rings (SSSR count). The minimum absolute atomic E-state index is 0.0805. The second-order valence-corrected chi connectivity index (χ2v) is 4.52. The van der Waals surface area contributed by atoms with Crippen molar-refractivity contribution < 1.29 is 9.18 Å². The van der Waals surface area contributed by atoms with E-state index in [1.54, 1.807) is 25.1 Å². The third kappa shape index (κ3) is 4.11. The molecule has 3 nitrogen and oxygen atoms in total. The molecule has 1 amide bonds. The van der Waals surface area contributed by atoms with E-state index in [4.69, 9.17) is 5.73 Å². The zero-order chi connectivity index (χ0) is 13.5. The van der Waals surface area contributed by atoms with Crippen molar-refractivity contribution >= 4 is 5.91 Å². The number of hydrogen-bond donors (Lipinski definition) is 2. The van der Waals surface area contributed by atoms with Gasteiger partial charge in [0.05, 0.1) is 6.04 Å². The van der Waals surface area contributed by atoms with Crippen molar-refractivity contribution in [2.75, 3.05) is 6.54 Å². The second-order valence-electron chi connectivity index (χ2n) is 4.52. The van der Waals surface area contributed by atoms with Crippen LogP contribution in [-0.2, 0) is 4.79 Å². The molecular weight excluding hydrogens is 231 g/mol. The van der Waals surface area contributed by atoms with E-state index < -0.39 is 0 Å². The maximum Gasteiger partial charge on any atom is 0.220 e. The normalized spacial score (nSPS) is 14.0. The largest absolute Gasteiger partial charge is 0.349 e. The minimum Gasteiger partial charge on any atom is -0.349 e. The third-order valence-electron chi connectivity index (χ3n) is 3.13. The van der Waals surface area contributed by atoms with Crippen molar-refractivity contribution in [1.82, 2.24) is 5.32 Å². The Morgan fingerprint density at radius 3 is 2.67 bits per heavy atom. The van der Waals surface area contributed by atoms with Crippen molar-refractivity contribution in [3.63, 3.8) is 0 Å². The molecular formula is C14H21FN2O. The monoisotopic (exact) mass is 252 g/mol. The van der Waals surface area contributed by atoms with Gasteiger partial charge in [-0.2, -0.15) is 0 Å². The molecule has 0 heterocycles. The molecule has 100 valence electrons. The molecule has 1 aromatic rings. The van der Waals surface area contributed by atoms with Gasteiger partial charge in [0.15, 0.2) is 0 Å². The van der Waals surface area contributed by atoms with E-state index >= 15 is 0 Å². The summed E-state index contributed by atoms with van der Waals surface area (Å²) in [6.07, 6.45) is 1.27. The number of carbonyl (C=O) groups excluding carboxylic acids is 1. The summed E-state index contributed by atoms with van der Waals surface area (Å²) >= 11 is 0. The highest BCUT2D eigenvalue weighted by atomic mass is 19.1. The summed E-state index contributed by atoms with van der Waals surface area (Å²) in [5.41, 5.74) is 6.06. The zero-order valence-corrected chi connectivity index (χ0v) is 10.9. The molecule has 18 heavy (non-hydrogen) atoms. The fourth-order valence-corrected chi connectivity index (χ4v) is 1.86. The summed E-state index contributed by atoms with van der Waals surface area (Å²) < 4.78 is 13.5. The van der Waals surface area contributed by atoms with Gasteiger partial charge in [0.25, 0.3) is 0 Å². The Hall–Kier alpha value is -1.42. The molecule has 0 fully saturated rings. The van der Waals surface area contributed by atoms with E-state index in [-0.39, 0.29) is 23.7 Å². The Labute approximate surface area is 108 Å². The number of halogens is 1. The number of nitrogens with one attached hydrogen (secondary N) is 1. The summed E-state index contributed by atoms with van der Waals surface area (Å²) in [6, 6.07) is 6.15. The van der Waals surface area contributed by atoms with E-state index in [1.807, 2.05) is 6.92 Å². The van der Waals surface area contributed by atoms with Gasteiger partial charge >= 0.3 is 0 Å². The fourth-order valence-electron chi connectivity index (χ4n) is 1.86. The smallest absolute Gasteiger partial charge is 0.220 e. The van der Waals surface area contributed by atoms with E-state index in [9.17, 15) is 9.18 Å². The van der Waals surface area contributed by atoms with Crippen LogP contribution in [0.1, 0.15) is 38.3 Å². The predicted octanol–water partition coefficient (Wildman–Crippen LogP) is 2.38. The van der Waals surface area contributed by atoms with Gasteiger partial charge < -0.3 is 11.1 Å². The first-order valence-corrected chi connectivity index (χ1v) is 6.32. The summed E-state index contributed by atoms with van der Waals surface area (Å²) in [7, 11) is 0. The molecule has 4 heteroatoms. The zero-order valence-electron chi connectivity index (χ0n) is 10.9. The molecule has 0 aliphatic heterocycles. The van der Waals surface area contributed by atoms with Crippen LogP contribution in [0, 0.1) is 11.7 Å². The fraction of sp³-hybridized carbons (Fsp3) is 0.500. The lowest BCUT2D eigenvalue weighted by Crippen LogP contribution is -2.30. The lowest BCUT2D eigenvalue weighted by Gasteiger charge is -2.17. The molecule has 2 atom stereocenters. The highest BCUT2D eigenvalue weighted by Crippen LogP contribution is 2.16. The van der Waals surface area contributed by atoms with Gasteiger partial charge in [-0.25, -0.2) is 4.39 Å². The molecule has 0 spiro atoms. The Balaban J connectivity index is 2.57. The Bertz CT molecular complexity index is 391. The first-order chi connectivity index (χ1) is 8.58. The molecule has 0 radical (unpaired) electrons. The predicted molar refractivity (Wildman–Crippen MR) is 70.4 cm³/mol. The average Bonchev–Trinajstić information content (AvgIpc) is 2.36. The van der Waals surface area contributed by atoms with Crippen LogP contribution in [0.3, 0.4) is 0 Å². The Kier molecular flexibility index (Phi) is 5.78. The lowest BCUT2D eigenvalue weighted by atomic mass is 10.0. The highest BCUT2D eigenvalue weighted by Gasteiger charge is 2.15. The van der Waals surface area contributed by atoms with Crippen LogP contribution in [0.25, 0.3) is 0 Å². The Morgan fingerprint density at radius 2 is 2.11 bits per heavy atom. The van der Waals surface area contributed by atoms with Gasteiger partial charge in [0.1, 0.15) is 5.82 Å². The van der Waals surface area contributed by atoms with Gasteiger partial charge in [-0.1, -0.05) is 31.5 Å². The van der Waals surface area contributed by atoms with E-state index in [0.29, 0.717) is 18.5 Å². The molecule has 0 aliphatic carbocycles. The molecule has 0 aromatic heterocycles. The second kappa shape index (κ2) is 7.11. The number of amides is 1. The van der Waals surface area contributed by atoms with E-state index in [2.05, 4.69) is 5.32 Å². The molecule has 3 N–H and O–H groups in total. The molecule has 2 unspecified atom stereocenters. The van der Waals surface area contributed by atoms with Crippen molar-refractivity contribution in [2.45, 2.75) is 32.7 Å². The van der Waals surface area contributed by atoms with Crippen LogP contribution in [0.2, 0.25) is 0 Å². The van der Waals surface area contributed by atoms with Crippen LogP contribution >= 0.6 is 0 Å². The number of hydrogen-bond acceptors (Lipinski definition) is 2. The summed E-state index contributed by atoms with van der Waals surface area (Å²) in [5, 5.41) is 2.80. The van der Waals surface area contributed by atoms with Crippen LogP contribution in [-0.4, -0.2) is 12.5 Å². The standard InChI is InChI=1S/C14H21FN2O/c1-3-11(9-16)8-14(18)17-10(2)12-6-4-5-7-13(12)15/h4-7,10-11H,3,8-9,16H2,1-2H3,(H,17,18). The summed E-state index contributed by atoms with van der Waals surface area (Å²) in [6.45, 7) is 4.28. The van der Waals surface area contributed by atoms with Crippen molar-refractivity contribution in [1.29, 1.82) is 0 Å². The first kappa shape index (κ1) is 14.6. The van der Waals surface area contributed by atoms with Gasteiger partial charge in [-0.3, -0.25) is 4.79 Å². The van der Waals surface area contributed by atoms with Crippen LogP contribution in [0.4, 0.5) is 4.39 Å². The van der Waals surface area contributed by atoms with Crippen LogP contribution in [0.15, 0.2) is 24.3 Å².